The van der Waals surface area contributed by atoms with Crippen molar-refractivity contribution < 1.29 is 14.2 Å². The van der Waals surface area contributed by atoms with Gasteiger partial charge in [-0.15, -0.1) is 0 Å². The van der Waals surface area contributed by atoms with Crippen molar-refractivity contribution in [3.63, 3.8) is 0 Å². The Morgan fingerprint density at radius 1 is 0.870 bits per heavy atom. The zero-order valence-electron chi connectivity index (χ0n) is 13.1. The van der Waals surface area contributed by atoms with Crippen LogP contribution >= 0.6 is 23.2 Å². The molecule has 0 saturated carbocycles. The molecule has 0 aromatic heterocycles. The Kier molecular flexibility index (Phi) is 4.60. The Hall–Kier alpha value is -1.58. The molecule has 2 aromatic rings. The fourth-order valence-electron chi connectivity index (χ4n) is 2.55. The summed E-state index contributed by atoms with van der Waals surface area (Å²) in [7, 11) is 0. The second-order valence-electron chi connectivity index (χ2n) is 5.68. The third-order valence-corrected chi connectivity index (χ3v) is 3.93. The van der Waals surface area contributed by atoms with Crippen LogP contribution in [0, 0.1) is 13.8 Å². The first-order chi connectivity index (χ1) is 10.9. The minimum absolute atomic E-state index is 0.575. The molecule has 0 spiro atoms. The van der Waals surface area contributed by atoms with Crippen molar-refractivity contribution in [1.29, 1.82) is 0 Å². The molecular weight excluding hydrogens is 335 g/mol. The third-order valence-electron chi connectivity index (χ3n) is 3.62. The van der Waals surface area contributed by atoms with Gasteiger partial charge in [-0.2, -0.15) is 0 Å². The minimum atomic E-state index is -1.56. The number of aryl methyl sites for hydroxylation is 3. The van der Waals surface area contributed by atoms with Gasteiger partial charge in [-0.3, -0.25) is 0 Å². The number of alkyl halides is 2. The van der Waals surface area contributed by atoms with E-state index in [1.807, 2.05) is 19.1 Å². The highest BCUT2D eigenvalue weighted by Crippen LogP contribution is 2.43. The normalized spacial score (nSPS) is 16.7. The molecule has 4 rings (SSSR count). The van der Waals surface area contributed by atoms with E-state index in [2.05, 4.69) is 25.1 Å². The molecule has 2 aliphatic rings. The monoisotopic (exact) mass is 352 g/mol. The summed E-state index contributed by atoms with van der Waals surface area (Å²) in [6.45, 7) is 4.96. The Bertz CT molecular complexity index is 713. The predicted octanol–water partition coefficient (Wildman–Crippen LogP) is 5.18. The average Bonchev–Trinajstić information content (AvgIpc) is 2.81. The highest BCUT2D eigenvalue weighted by molar-refractivity contribution is 6.46. The maximum atomic E-state index is 5.61. The van der Waals surface area contributed by atoms with Gasteiger partial charge in [0.1, 0.15) is 5.75 Å². The summed E-state index contributed by atoms with van der Waals surface area (Å²) in [5.41, 5.74) is 3.77. The maximum Gasteiger partial charge on any atom is 0.419 e. The molecule has 0 aliphatic carbocycles. The van der Waals surface area contributed by atoms with Gasteiger partial charge in [0.05, 0.1) is 6.61 Å². The molecule has 0 amide bonds. The average molecular weight is 353 g/mol. The summed E-state index contributed by atoms with van der Waals surface area (Å²) in [6.07, 6.45) is 2.34. The van der Waals surface area contributed by atoms with Crippen LogP contribution in [-0.4, -0.2) is 11.3 Å². The maximum absolute atomic E-state index is 5.61. The van der Waals surface area contributed by atoms with Crippen molar-refractivity contribution in [2.75, 3.05) is 6.61 Å². The summed E-state index contributed by atoms with van der Waals surface area (Å²) in [5.74, 6) is 2.24. The van der Waals surface area contributed by atoms with E-state index in [1.165, 1.54) is 17.5 Å². The molecule has 0 radical (unpaired) electrons. The number of hydrogen-bond donors (Lipinski definition) is 0. The lowest BCUT2D eigenvalue weighted by atomic mass is 10.0. The Balaban J connectivity index is 0.000000136. The fourth-order valence-corrected chi connectivity index (χ4v) is 2.88. The largest absolute Gasteiger partial charge is 0.493 e. The van der Waals surface area contributed by atoms with Gasteiger partial charge in [-0.1, -0.05) is 23.8 Å². The molecular formula is C18H18Cl2O3. The molecule has 0 fully saturated rings. The fraction of sp³-hybridized carbons (Fsp3) is 0.333. The van der Waals surface area contributed by atoms with E-state index in [9.17, 15) is 0 Å². The SMILES string of the molecule is Cc1ccc2c(c1)CCCO2.Cc1ccc2c(c1)OC(Cl)(Cl)O2. The highest BCUT2D eigenvalue weighted by Gasteiger charge is 2.37. The molecule has 23 heavy (non-hydrogen) atoms. The van der Waals surface area contributed by atoms with Crippen LogP contribution in [0.3, 0.4) is 0 Å². The summed E-state index contributed by atoms with van der Waals surface area (Å²) < 4.78 is 14.1. The van der Waals surface area contributed by atoms with Gasteiger partial charge in [0.25, 0.3) is 0 Å². The van der Waals surface area contributed by atoms with Crippen LogP contribution in [-0.2, 0) is 6.42 Å². The quantitative estimate of drug-likeness (QED) is 0.611. The Morgan fingerprint density at radius 3 is 2.30 bits per heavy atom. The third kappa shape index (κ3) is 4.04. The van der Waals surface area contributed by atoms with Gasteiger partial charge < -0.3 is 14.2 Å². The van der Waals surface area contributed by atoms with Crippen LogP contribution in [0.15, 0.2) is 36.4 Å². The van der Waals surface area contributed by atoms with Crippen molar-refractivity contribution in [2.45, 2.75) is 31.4 Å². The van der Waals surface area contributed by atoms with Gasteiger partial charge in [0.2, 0.25) is 0 Å². The Labute approximate surface area is 146 Å². The molecule has 3 nitrogen and oxygen atoms in total. The first-order valence-corrected chi connectivity index (χ1v) is 8.27. The van der Waals surface area contributed by atoms with Crippen molar-refractivity contribution in [3.8, 4) is 17.2 Å². The van der Waals surface area contributed by atoms with Gasteiger partial charge in [0, 0.05) is 0 Å². The summed E-state index contributed by atoms with van der Waals surface area (Å²) in [4.78, 5) is 0. The van der Waals surface area contributed by atoms with Crippen LogP contribution in [0.1, 0.15) is 23.1 Å². The lowest BCUT2D eigenvalue weighted by Crippen LogP contribution is -2.22. The topological polar surface area (TPSA) is 27.7 Å². The molecule has 0 unspecified atom stereocenters. The van der Waals surface area contributed by atoms with Gasteiger partial charge >= 0.3 is 4.71 Å². The standard InChI is InChI=1S/C10H12O.C8H6Cl2O2/c1-8-4-5-10-9(7-8)3-2-6-11-10;1-5-2-3-6-7(4-5)12-8(9,10)11-6/h4-5,7H,2-3,6H2,1H3;2-4H,1H3. The molecule has 0 saturated heterocycles. The number of halogens is 2. The smallest absolute Gasteiger partial charge is 0.419 e. The van der Waals surface area contributed by atoms with Crippen molar-refractivity contribution in [1.82, 2.24) is 0 Å². The molecule has 0 N–H and O–H groups in total. The van der Waals surface area contributed by atoms with E-state index >= 15 is 0 Å². The number of ether oxygens (including phenoxy) is 3. The van der Waals surface area contributed by atoms with Crippen LogP contribution in [0.5, 0.6) is 17.2 Å². The first-order valence-electron chi connectivity index (χ1n) is 7.52. The summed E-state index contributed by atoms with van der Waals surface area (Å²) in [6, 6.07) is 11.9. The van der Waals surface area contributed by atoms with Crippen LogP contribution in [0.2, 0.25) is 0 Å². The molecule has 0 bridgehead atoms. The van der Waals surface area contributed by atoms with Crippen LogP contribution < -0.4 is 14.2 Å². The van der Waals surface area contributed by atoms with E-state index in [4.69, 9.17) is 37.4 Å². The predicted molar refractivity (Wildman–Crippen MR) is 91.9 cm³/mol. The Morgan fingerprint density at radius 2 is 1.52 bits per heavy atom. The van der Waals surface area contributed by atoms with E-state index in [-0.39, 0.29) is 0 Å². The van der Waals surface area contributed by atoms with Gasteiger partial charge in [0.15, 0.2) is 11.5 Å². The number of rotatable bonds is 0. The lowest BCUT2D eigenvalue weighted by Gasteiger charge is -2.16. The van der Waals surface area contributed by atoms with E-state index in [0.717, 1.165) is 24.3 Å². The number of hydrogen-bond acceptors (Lipinski definition) is 3. The molecule has 2 aliphatic heterocycles. The number of benzene rings is 2. The van der Waals surface area contributed by atoms with Crippen molar-refractivity contribution >= 4 is 23.2 Å². The second-order valence-corrected chi connectivity index (χ2v) is 6.87. The summed E-state index contributed by atoms with van der Waals surface area (Å²) >= 11 is 11.2. The highest BCUT2D eigenvalue weighted by atomic mass is 35.5. The van der Waals surface area contributed by atoms with Gasteiger partial charge in [-0.05, 0) is 79.2 Å². The summed E-state index contributed by atoms with van der Waals surface area (Å²) in [5, 5.41) is 0. The zero-order chi connectivity index (χ0) is 16.4. The molecule has 2 heterocycles. The molecule has 122 valence electrons. The van der Waals surface area contributed by atoms with E-state index in [0.29, 0.717) is 11.5 Å². The number of fused-ring (bicyclic) bond motifs is 2. The molecule has 5 heteroatoms. The lowest BCUT2D eigenvalue weighted by molar-refractivity contribution is 0.0849. The van der Waals surface area contributed by atoms with Crippen molar-refractivity contribution in [3.05, 3.63) is 53.1 Å². The zero-order valence-corrected chi connectivity index (χ0v) is 14.6. The van der Waals surface area contributed by atoms with E-state index < -0.39 is 4.71 Å². The molecule has 0 atom stereocenters. The first kappa shape index (κ1) is 16.3. The van der Waals surface area contributed by atoms with Gasteiger partial charge in [-0.25, -0.2) is 0 Å². The minimum Gasteiger partial charge on any atom is -0.493 e. The van der Waals surface area contributed by atoms with Crippen LogP contribution in [0.4, 0.5) is 0 Å². The van der Waals surface area contributed by atoms with E-state index in [1.54, 1.807) is 6.07 Å². The van der Waals surface area contributed by atoms with Crippen molar-refractivity contribution in [2.24, 2.45) is 0 Å². The van der Waals surface area contributed by atoms with Crippen LogP contribution in [0.25, 0.3) is 0 Å². The molecule has 2 aromatic carbocycles. The second kappa shape index (κ2) is 6.50.